The molecule has 0 saturated carbocycles. The van der Waals surface area contributed by atoms with Crippen molar-refractivity contribution in [2.24, 2.45) is 0 Å². The molecule has 1 aliphatic rings. The molecule has 1 heterocycles. The standard InChI is InChI=1S/C21H23NO3/c1-21(2)13-15-7-10-17(25-4)11-18(15)19(22-21)12-20(23)14-5-8-16(24-3)9-6-14/h5-12,22H,13H2,1-4H3. The molecule has 4 heteroatoms. The maximum atomic E-state index is 12.7. The van der Waals surface area contributed by atoms with E-state index in [9.17, 15) is 4.79 Å². The topological polar surface area (TPSA) is 47.6 Å². The van der Waals surface area contributed by atoms with Crippen LogP contribution < -0.4 is 14.8 Å². The number of methoxy groups -OCH3 is 2. The van der Waals surface area contributed by atoms with Crippen molar-refractivity contribution in [3.8, 4) is 11.5 Å². The van der Waals surface area contributed by atoms with E-state index in [4.69, 9.17) is 9.47 Å². The van der Waals surface area contributed by atoms with Crippen molar-refractivity contribution in [1.82, 2.24) is 5.32 Å². The van der Waals surface area contributed by atoms with Gasteiger partial charge in [-0.05, 0) is 62.2 Å². The van der Waals surface area contributed by atoms with Gasteiger partial charge in [-0.25, -0.2) is 0 Å². The number of benzene rings is 2. The number of ether oxygens (including phenoxy) is 2. The number of nitrogens with one attached hydrogen (secondary N) is 1. The second-order valence-electron chi connectivity index (χ2n) is 6.86. The van der Waals surface area contributed by atoms with E-state index in [0.29, 0.717) is 5.56 Å². The van der Waals surface area contributed by atoms with Crippen LogP contribution in [0.3, 0.4) is 0 Å². The lowest BCUT2D eigenvalue weighted by Gasteiger charge is -2.35. The fourth-order valence-electron chi connectivity index (χ4n) is 3.12. The molecule has 0 spiro atoms. The minimum absolute atomic E-state index is 0.0448. The van der Waals surface area contributed by atoms with Crippen LogP contribution in [-0.4, -0.2) is 25.5 Å². The largest absolute Gasteiger partial charge is 0.497 e. The molecule has 2 aromatic carbocycles. The van der Waals surface area contributed by atoms with Crippen LogP contribution in [-0.2, 0) is 6.42 Å². The summed E-state index contributed by atoms with van der Waals surface area (Å²) in [5.74, 6) is 1.47. The number of carbonyl (C=O) groups is 1. The van der Waals surface area contributed by atoms with Gasteiger partial charge in [0.1, 0.15) is 11.5 Å². The highest BCUT2D eigenvalue weighted by molar-refractivity contribution is 6.08. The van der Waals surface area contributed by atoms with Gasteiger partial charge in [-0.15, -0.1) is 0 Å². The fraction of sp³-hybridized carbons (Fsp3) is 0.286. The molecule has 0 bridgehead atoms. The molecule has 3 rings (SSSR count). The molecule has 0 aliphatic carbocycles. The van der Waals surface area contributed by atoms with Gasteiger partial charge in [0.25, 0.3) is 0 Å². The van der Waals surface area contributed by atoms with Crippen LogP contribution in [0.25, 0.3) is 5.70 Å². The molecule has 25 heavy (non-hydrogen) atoms. The van der Waals surface area contributed by atoms with E-state index in [1.807, 2.05) is 12.1 Å². The van der Waals surface area contributed by atoms with E-state index in [0.717, 1.165) is 29.2 Å². The first-order valence-corrected chi connectivity index (χ1v) is 8.27. The highest BCUT2D eigenvalue weighted by Gasteiger charge is 2.28. The summed E-state index contributed by atoms with van der Waals surface area (Å²) in [6.45, 7) is 4.26. The highest BCUT2D eigenvalue weighted by atomic mass is 16.5. The van der Waals surface area contributed by atoms with Crippen molar-refractivity contribution in [2.45, 2.75) is 25.8 Å². The zero-order valence-corrected chi connectivity index (χ0v) is 15.1. The van der Waals surface area contributed by atoms with Crippen LogP contribution >= 0.6 is 0 Å². The Bertz CT molecular complexity index is 820. The summed E-state index contributed by atoms with van der Waals surface area (Å²) in [6, 6.07) is 13.1. The van der Waals surface area contributed by atoms with Crippen LogP contribution in [0.2, 0.25) is 0 Å². The Morgan fingerprint density at radius 2 is 1.68 bits per heavy atom. The molecular formula is C21H23NO3. The predicted octanol–water partition coefficient (Wildman–Crippen LogP) is 3.85. The van der Waals surface area contributed by atoms with E-state index in [-0.39, 0.29) is 11.3 Å². The maximum Gasteiger partial charge on any atom is 0.187 e. The van der Waals surface area contributed by atoms with Gasteiger partial charge < -0.3 is 14.8 Å². The van der Waals surface area contributed by atoms with E-state index in [1.165, 1.54) is 5.56 Å². The summed E-state index contributed by atoms with van der Waals surface area (Å²) in [5.41, 5.74) is 3.56. The van der Waals surface area contributed by atoms with Gasteiger partial charge in [-0.2, -0.15) is 0 Å². The Morgan fingerprint density at radius 3 is 2.32 bits per heavy atom. The summed E-state index contributed by atoms with van der Waals surface area (Å²) < 4.78 is 10.5. The molecule has 0 atom stereocenters. The van der Waals surface area contributed by atoms with Gasteiger partial charge in [0, 0.05) is 28.4 Å². The van der Waals surface area contributed by atoms with Crippen molar-refractivity contribution in [2.75, 3.05) is 14.2 Å². The second kappa shape index (κ2) is 6.63. The zero-order chi connectivity index (χ0) is 18.0. The molecular weight excluding hydrogens is 314 g/mol. The lowest BCUT2D eigenvalue weighted by Crippen LogP contribution is -2.43. The minimum Gasteiger partial charge on any atom is -0.497 e. The van der Waals surface area contributed by atoms with E-state index in [2.05, 4.69) is 25.2 Å². The Hall–Kier alpha value is -2.75. The SMILES string of the molecule is COc1ccc(C(=O)C=C2NC(C)(C)Cc3ccc(OC)cc32)cc1. The highest BCUT2D eigenvalue weighted by Crippen LogP contribution is 2.32. The fourth-order valence-corrected chi connectivity index (χ4v) is 3.12. The molecule has 130 valence electrons. The summed E-state index contributed by atoms with van der Waals surface area (Å²) in [6.07, 6.45) is 2.56. The summed E-state index contributed by atoms with van der Waals surface area (Å²) in [7, 11) is 3.25. The van der Waals surface area contributed by atoms with E-state index < -0.39 is 0 Å². The average molecular weight is 337 g/mol. The zero-order valence-electron chi connectivity index (χ0n) is 15.1. The first-order chi connectivity index (χ1) is 11.9. The lowest BCUT2D eigenvalue weighted by atomic mass is 9.85. The molecule has 0 radical (unpaired) electrons. The summed E-state index contributed by atoms with van der Waals surface area (Å²) in [5, 5.41) is 3.48. The molecule has 1 N–H and O–H groups in total. The van der Waals surface area contributed by atoms with Gasteiger partial charge in [-0.1, -0.05) is 6.07 Å². The Balaban J connectivity index is 1.99. The molecule has 0 fully saturated rings. The van der Waals surface area contributed by atoms with Crippen molar-refractivity contribution >= 4 is 11.5 Å². The maximum absolute atomic E-state index is 12.7. The number of rotatable bonds is 4. The predicted molar refractivity (Wildman–Crippen MR) is 99.2 cm³/mol. The van der Waals surface area contributed by atoms with Crippen LogP contribution in [0.1, 0.15) is 35.3 Å². The summed E-state index contributed by atoms with van der Waals surface area (Å²) >= 11 is 0. The Labute approximate surface area is 148 Å². The van der Waals surface area contributed by atoms with E-state index in [1.54, 1.807) is 44.6 Å². The average Bonchev–Trinajstić information content (AvgIpc) is 2.60. The van der Waals surface area contributed by atoms with Crippen LogP contribution in [0.15, 0.2) is 48.5 Å². The molecule has 0 unspecified atom stereocenters. The molecule has 4 nitrogen and oxygen atoms in total. The molecule has 0 aromatic heterocycles. The van der Waals surface area contributed by atoms with Gasteiger partial charge in [-0.3, -0.25) is 4.79 Å². The first kappa shape index (κ1) is 17.1. The molecule has 1 aliphatic heterocycles. The minimum atomic E-state index is -0.117. The third kappa shape index (κ3) is 3.68. The van der Waals surface area contributed by atoms with Crippen molar-refractivity contribution < 1.29 is 14.3 Å². The lowest BCUT2D eigenvalue weighted by molar-refractivity contribution is 0.104. The second-order valence-corrected chi connectivity index (χ2v) is 6.86. The number of hydrogen-bond donors (Lipinski definition) is 1. The number of fused-ring (bicyclic) bond motifs is 1. The van der Waals surface area contributed by atoms with Gasteiger partial charge in [0.2, 0.25) is 0 Å². The van der Waals surface area contributed by atoms with Crippen molar-refractivity contribution in [1.29, 1.82) is 0 Å². The number of hydrogen-bond acceptors (Lipinski definition) is 4. The Kier molecular flexibility index (Phi) is 4.53. The Morgan fingerprint density at radius 1 is 1.04 bits per heavy atom. The quantitative estimate of drug-likeness (QED) is 0.680. The molecule has 2 aromatic rings. The first-order valence-electron chi connectivity index (χ1n) is 8.27. The summed E-state index contributed by atoms with van der Waals surface area (Å²) in [4.78, 5) is 12.7. The van der Waals surface area contributed by atoms with Crippen LogP contribution in [0, 0.1) is 0 Å². The monoisotopic (exact) mass is 337 g/mol. The van der Waals surface area contributed by atoms with Gasteiger partial charge in [0.15, 0.2) is 5.78 Å². The number of ketones is 1. The van der Waals surface area contributed by atoms with Crippen LogP contribution in [0.5, 0.6) is 11.5 Å². The number of allylic oxidation sites excluding steroid dienone is 1. The third-order valence-electron chi connectivity index (χ3n) is 4.36. The van der Waals surface area contributed by atoms with Crippen LogP contribution in [0.4, 0.5) is 0 Å². The number of carbonyl (C=O) groups excluding carboxylic acids is 1. The van der Waals surface area contributed by atoms with Crippen molar-refractivity contribution in [3.05, 3.63) is 65.2 Å². The third-order valence-corrected chi connectivity index (χ3v) is 4.36. The smallest absolute Gasteiger partial charge is 0.187 e. The van der Waals surface area contributed by atoms with E-state index >= 15 is 0 Å². The van der Waals surface area contributed by atoms with Crippen molar-refractivity contribution in [3.63, 3.8) is 0 Å². The molecule has 0 saturated heterocycles. The molecule has 0 amide bonds. The van der Waals surface area contributed by atoms with Gasteiger partial charge >= 0.3 is 0 Å². The normalized spacial score (nSPS) is 16.7. The van der Waals surface area contributed by atoms with Gasteiger partial charge in [0.05, 0.1) is 14.2 Å².